The van der Waals surface area contributed by atoms with E-state index in [2.05, 4.69) is 10.1 Å². The van der Waals surface area contributed by atoms with Gasteiger partial charge in [0, 0.05) is 32.1 Å². The van der Waals surface area contributed by atoms with Crippen LogP contribution < -0.4 is 0 Å². The van der Waals surface area contributed by atoms with Gasteiger partial charge in [0.2, 0.25) is 5.91 Å². The van der Waals surface area contributed by atoms with Crippen LogP contribution in [0.4, 0.5) is 0 Å². The number of halogens is 1. The van der Waals surface area contributed by atoms with Crippen LogP contribution in [0.25, 0.3) is 0 Å². The number of ether oxygens (including phenoxy) is 1. The smallest absolute Gasteiger partial charge is 0.244 e. The van der Waals surface area contributed by atoms with Gasteiger partial charge in [-0.25, -0.2) is 0 Å². The minimum atomic E-state index is 0.00887. The van der Waals surface area contributed by atoms with Crippen LogP contribution in [-0.4, -0.2) is 44.8 Å². The molecule has 0 N–H and O–H groups in total. The summed E-state index contributed by atoms with van der Waals surface area (Å²) in [4.78, 5) is 18.8. The normalized spacial score (nSPS) is 17.0. The standard InChI is InChI=1S/C18H23ClN4O2/c1-13-18(19)14(2)23(21-13)12-17(24)22(11-16-4-3-9-25-16)10-15-5-7-20-8-6-15/h5-8,16H,3-4,9-12H2,1-2H3/t16-/m1/s1. The fraction of sp³-hybridized carbons (Fsp3) is 0.500. The average molecular weight is 363 g/mol. The Morgan fingerprint density at radius 1 is 1.40 bits per heavy atom. The topological polar surface area (TPSA) is 60.2 Å². The van der Waals surface area contributed by atoms with Gasteiger partial charge in [-0.05, 0) is 44.4 Å². The molecule has 0 saturated carbocycles. The number of carbonyl (C=O) groups is 1. The van der Waals surface area contributed by atoms with Gasteiger partial charge in [0.15, 0.2) is 0 Å². The van der Waals surface area contributed by atoms with E-state index in [1.807, 2.05) is 30.9 Å². The van der Waals surface area contributed by atoms with Crippen molar-refractivity contribution in [3.63, 3.8) is 0 Å². The highest BCUT2D eigenvalue weighted by Gasteiger charge is 2.24. The zero-order chi connectivity index (χ0) is 17.8. The lowest BCUT2D eigenvalue weighted by Gasteiger charge is -2.26. The van der Waals surface area contributed by atoms with Gasteiger partial charge in [0.05, 0.1) is 22.5 Å². The van der Waals surface area contributed by atoms with Gasteiger partial charge in [0.1, 0.15) is 6.54 Å². The monoisotopic (exact) mass is 362 g/mol. The first-order valence-corrected chi connectivity index (χ1v) is 8.90. The van der Waals surface area contributed by atoms with Gasteiger partial charge in [-0.15, -0.1) is 0 Å². The molecule has 0 bridgehead atoms. The van der Waals surface area contributed by atoms with E-state index in [9.17, 15) is 4.79 Å². The maximum Gasteiger partial charge on any atom is 0.244 e. The minimum Gasteiger partial charge on any atom is -0.376 e. The summed E-state index contributed by atoms with van der Waals surface area (Å²) >= 11 is 6.19. The van der Waals surface area contributed by atoms with Gasteiger partial charge in [-0.2, -0.15) is 5.10 Å². The van der Waals surface area contributed by atoms with Crippen LogP contribution in [0.3, 0.4) is 0 Å². The second-order valence-electron chi connectivity index (χ2n) is 6.41. The highest BCUT2D eigenvalue weighted by molar-refractivity contribution is 6.31. The van der Waals surface area contributed by atoms with Gasteiger partial charge in [-0.3, -0.25) is 14.5 Å². The van der Waals surface area contributed by atoms with Crippen LogP contribution in [-0.2, 0) is 22.6 Å². The van der Waals surface area contributed by atoms with E-state index < -0.39 is 0 Å². The van der Waals surface area contributed by atoms with E-state index in [0.717, 1.165) is 36.4 Å². The summed E-state index contributed by atoms with van der Waals surface area (Å²) in [6.07, 6.45) is 5.63. The molecule has 0 aliphatic carbocycles. The van der Waals surface area contributed by atoms with Crippen LogP contribution in [0.15, 0.2) is 24.5 Å². The van der Waals surface area contributed by atoms with Crippen molar-refractivity contribution in [3.05, 3.63) is 46.5 Å². The molecule has 2 aromatic heterocycles. The van der Waals surface area contributed by atoms with Gasteiger partial charge in [-0.1, -0.05) is 11.6 Å². The number of hydrogen-bond acceptors (Lipinski definition) is 4. The molecule has 6 nitrogen and oxygen atoms in total. The quantitative estimate of drug-likeness (QED) is 0.792. The Morgan fingerprint density at radius 3 is 2.76 bits per heavy atom. The Balaban J connectivity index is 1.74. The Labute approximate surface area is 152 Å². The van der Waals surface area contributed by atoms with Crippen LogP contribution >= 0.6 is 11.6 Å². The third-order valence-corrected chi connectivity index (χ3v) is 5.05. The predicted octanol–water partition coefficient (Wildman–Crippen LogP) is 2.76. The lowest BCUT2D eigenvalue weighted by molar-refractivity contribution is -0.134. The molecule has 134 valence electrons. The third kappa shape index (κ3) is 4.38. The predicted molar refractivity (Wildman–Crippen MR) is 95.3 cm³/mol. The number of aromatic nitrogens is 3. The molecule has 1 aliphatic heterocycles. The van der Waals surface area contributed by atoms with Gasteiger partial charge < -0.3 is 9.64 Å². The molecule has 7 heteroatoms. The lowest BCUT2D eigenvalue weighted by atomic mass is 10.2. The highest BCUT2D eigenvalue weighted by atomic mass is 35.5. The first-order chi connectivity index (χ1) is 12.0. The zero-order valence-electron chi connectivity index (χ0n) is 14.6. The molecule has 0 unspecified atom stereocenters. The van der Waals surface area contributed by atoms with E-state index in [-0.39, 0.29) is 18.6 Å². The summed E-state index contributed by atoms with van der Waals surface area (Å²) in [5, 5.41) is 4.99. The van der Waals surface area contributed by atoms with Crippen molar-refractivity contribution >= 4 is 17.5 Å². The van der Waals surface area contributed by atoms with E-state index >= 15 is 0 Å². The number of hydrogen-bond donors (Lipinski definition) is 0. The maximum atomic E-state index is 12.9. The number of carbonyl (C=O) groups excluding carboxylic acids is 1. The Hall–Kier alpha value is -1.92. The van der Waals surface area contributed by atoms with Crippen LogP contribution in [0.1, 0.15) is 29.8 Å². The van der Waals surface area contributed by atoms with Crippen molar-refractivity contribution in [2.24, 2.45) is 0 Å². The highest BCUT2D eigenvalue weighted by Crippen LogP contribution is 2.20. The summed E-state index contributed by atoms with van der Waals surface area (Å²) in [6, 6.07) is 3.85. The van der Waals surface area contributed by atoms with Crippen LogP contribution in [0.2, 0.25) is 5.02 Å². The van der Waals surface area contributed by atoms with Crippen molar-refractivity contribution in [2.75, 3.05) is 13.2 Å². The fourth-order valence-corrected chi connectivity index (χ4v) is 3.19. The molecular weight excluding hydrogens is 340 g/mol. The lowest BCUT2D eigenvalue weighted by Crippen LogP contribution is -2.39. The van der Waals surface area contributed by atoms with E-state index in [1.165, 1.54) is 0 Å². The molecule has 0 radical (unpaired) electrons. The molecule has 0 spiro atoms. The molecular formula is C18H23ClN4O2. The van der Waals surface area contributed by atoms with Gasteiger partial charge >= 0.3 is 0 Å². The van der Waals surface area contributed by atoms with Crippen molar-refractivity contribution in [3.8, 4) is 0 Å². The molecule has 1 fully saturated rings. The summed E-state index contributed by atoms with van der Waals surface area (Å²) in [5.74, 6) is 0.00887. The van der Waals surface area contributed by atoms with E-state index in [1.54, 1.807) is 17.1 Å². The molecule has 2 aromatic rings. The molecule has 25 heavy (non-hydrogen) atoms. The summed E-state index contributed by atoms with van der Waals surface area (Å²) in [7, 11) is 0. The van der Waals surface area contributed by atoms with Crippen molar-refractivity contribution in [1.82, 2.24) is 19.7 Å². The Morgan fingerprint density at radius 2 is 2.16 bits per heavy atom. The Kier molecular flexibility index (Phi) is 5.71. The first-order valence-electron chi connectivity index (χ1n) is 8.52. The largest absolute Gasteiger partial charge is 0.376 e. The number of amides is 1. The van der Waals surface area contributed by atoms with Crippen molar-refractivity contribution in [2.45, 2.75) is 45.9 Å². The first kappa shape index (κ1) is 17.9. The second-order valence-corrected chi connectivity index (χ2v) is 6.79. The van der Waals surface area contributed by atoms with Crippen LogP contribution in [0.5, 0.6) is 0 Å². The minimum absolute atomic E-state index is 0.00887. The molecule has 1 amide bonds. The van der Waals surface area contributed by atoms with E-state index in [4.69, 9.17) is 16.3 Å². The Bertz CT molecular complexity index is 726. The molecule has 1 atom stereocenters. The number of rotatable bonds is 6. The number of nitrogens with zero attached hydrogens (tertiary/aromatic N) is 4. The number of pyridine rings is 1. The van der Waals surface area contributed by atoms with Gasteiger partial charge in [0.25, 0.3) is 0 Å². The third-order valence-electron chi connectivity index (χ3n) is 4.50. The van der Waals surface area contributed by atoms with Crippen LogP contribution in [0, 0.1) is 13.8 Å². The maximum absolute atomic E-state index is 12.9. The fourth-order valence-electron chi connectivity index (χ4n) is 3.05. The van der Waals surface area contributed by atoms with Crippen molar-refractivity contribution in [1.29, 1.82) is 0 Å². The molecule has 1 aliphatic rings. The average Bonchev–Trinajstić information content (AvgIpc) is 3.20. The number of aryl methyl sites for hydroxylation is 1. The molecule has 0 aromatic carbocycles. The SMILES string of the molecule is Cc1nn(CC(=O)N(Cc2ccncc2)C[C@H]2CCCO2)c(C)c1Cl. The molecule has 3 heterocycles. The van der Waals surface area contributed by atoms with Crippen molar-refractivity contribution < 1.29 is 9.53 Å². The summed E-state index contributed by atoms with van der Waals surface area (Å²) < 4.78 is 7.39. The zero-order valence-corrected chi connectivity index (χ0v) is 15.4. The molecule has 1 saturated heterocycles. The molecule has 3 rings (SSSR count). The van der Waals surface area contributed by atoms with E-state index in [0.29, 0.717) is 18.1 Å². The second kappa shape index (κ2) is 7.97. The summed E-state index contributed by atoms with van der Waals surface area (Å²) in [6.45, 7) is 5.80. The summed E-state index contributed by atoms with van der Waals surface area (Å²) in [5.41, 5.74) is 2.60.